The Labute approximate surface area is 145 Å². The lowest BCUT2D eigenvalue weighted by Gasteiger charge is -2.12. The first-order valence-electron chi connectivity index (χ1n) is 7.89. The van der Waals surface area contributed by atoms with Crippen molar-refractivity contribution in [1.29, 1.82) is 0 Å². The van der Waals surface area contributed by atoms with Crippen LogP contribution in [-0.4, -0.2) is 30.9 Å². The molecule has 0 bridgehead atoms. The fraction of sp³-hybridized carbons (Fsp3) is 0.500. The van der Waals surface area contributed by atoms with Crippen molar-refractivity contribution < 1.29 is 4.79 Å². The van der Waals surface area contributed by atoms with Gasteiger partial charge in [0.25, 0.3) is 5.56 Å². The van der Waals surface area contributed by atoms with Gasteiger partial charge in [0, 0.05) is 18.8 Å². The van der Waals surface area contributed by atoms with Crippen LogP contribution in [-0.2, 0) is 18.3 Å². The molecule has 2 aromatic heterocycles. The van der Waals surface area contributed by atoms with Gasteiger partial charge in [0.05, 0.1) is 22.3 Å². The third-order valence-electron chi connectivity index (χ3n) is 3.69. The summed E-state index contributed by atoms with van der Waals surface area (Å²) in [5, 5.41) is 7.26. The van der Waals surface area contributed by atoms with Gasteiger partial charge in [-0.05, 0) is 27.2 Å². The number of hydrogen-bond acceptors (Lipinski definition) is 5. The molecule has 2 N–H and O–H groups in total. The highest BCUT2D eigenvalue weighted by Crippen LogP contribution is 2.23. The summed E-state index contributed by atoms with van der Waals surface area (Å²) in [6.07, 6.45) is 1.66. The van der Waals surface area contributed by atoms with Crippen LogP contribution in [0.2, 0.25) is 0 Å². The number of carbonyl (C=O) groups excluding carboxylic acids is 1. The van der Waals surface area contributed by atoms with Gasteiger partial charge in [0.2, 0.25) is 5.91 Å². The van der Waals surface area contributed by atoms with Gasteiger partial charge in [-0.2, -0.15) is 5.10 Å². The maximum Gasteiger partial charge on any atom is 0.251 e. The molecule has 0 saturated carbocycles. The van der Waals surface area contributed by atoms with Crippen molar-refractivity contribution in [3.8, 4) is 0 Å². The number of aryl methyl sites for hydroxylation is 3. The molecule has 0 fully saturated rings. The summed E-state index contributed by atoms with van der Waals surface area (Å²) < 4.78 is 1.73. The smallest absolute Gasteiger partial charge is 0.251 e. The van der Waals surface area contributed by atoms with Crippen LogP contribution in [0.4, 0.5) is 5.69 Å². The van der Waals surface area contributed by atoms with E-state index in [0.29, 0.717) is 5.16 Å². The Bertz CT molecular complexity index is 796. The Hall–Kier alpha value is -2.09. The number of amides is 1. The second-order valence-electron chi connectivity index (χ2n) is 5.71. The molecule has 0 unspecified atom stereocenters. The Kier molecular flexibility index (Phi) is 5.82. The lowest BCUT2D eigenvalue weighted by atomic mass is 10.2. The zero-order chi connectivity index (χ0) is 17.9. The number of nitrogens with one attached hydrogen (secondary N) is 2. The summed E-state index contributed by atoms with van der Waals surface area (Å²) in [7, 11) is 1.84. The summed E-state index contributed by atoms with van der Waals surface area (Å²) in [4.78, 5) is 31.2. The van der Waals surface area contributed by atoms with Gasteiger partial charge >= 0.3 is 0 Å². The van der Waals surface area contributed by atoms with Gasteiger partial charge < -0.3 is 10.3 Å². The maximum atomic E-state index is 12.4. The Morgan fingerprint density at radius 3 is 2.75 bits per heavy atom. The summed E-state index contributed by atoms with van der Waals surface area (Å²) in [5.41, 5.74) is 2.96. The number of hydrogen-bond donors (Lipinski definition) is 2. The molecule has 8 heteroatoms. The minimum Gasteiger partial charge on any atom is -0.322 e. The minimum absolute atomic E-state index is 0.150. The minimum atomic E-state index is -0.399. The number of carbonyl (C=O) groups is 1. The standard InChI is InChI=1S/C16H23N5O2S/c1-6-7-12-8-13(22)18-16(17-12)24-11(4)15(23)19-14-9(2)20-21(5)10(14)3/h8,11H,6-7H2,1-5H3,(H,19,23)(H,17,18,22)/t11-/m1/s1. The SMILES string of the molecule is CCCc1cc(=O)[nH]c(S[C@H](C)C(=O)Nc2c(C)nn(C)c2C)n1. The molecule has 130 valence electrons. The lowest BCUT2D eigenvalue weighted by molar-refractivity contribution is -0.115. The molecule has 1 amide bonds. The van der Waals surface area contributed by atoms with Crippen molar-refractivity contribution in [1.82, 2.24) is 19.7 Å². The second kappa shape index (κ2) is 7.65. The quantitative estimate of drug-likeness (QED) is 0.616. The molecule has 2 rings (SSSR count). The summed E-state index contributed by atoms with van der Waals surface area (Å²) in [5.74, 6) is -0.150. The number of anilines is 1. The van der Waals surface area contributed by atoms with Gasteiger partial charge in [-0.3, -0.25) is 14.3 Å². The van der Waals surface area contributed by atoms with Crippen LogP contribution >= 0.6 is 11.8 Å². The predicted octanol–water partition coefficient (Wildman–Crippen LogP) is 2.19. The molecular formula is C16H23N5O2S. The van der Waals surface area contributed by atoms with Crippen molar-refractivity contribution in [2.24, 2.45) is 7.05 Å². The fourth-order valence-corrected chi connectivity index (χ4v) is 3.15. The van der Waals surface area contributed by atoms with Crippen LogP contribution in [0.25, 0.3) is 0 Å². The lowest BCUT2D eigenvalue weighted by Crippen LogP contribution is -2.24. The average Bonchev–Trinajstić information content (AvgIpc) is 2.73. The first kappa shape index (κ1) is 18.3. The van der Waals surface area contributed by atoms with E-state index in [0.717, 1.165) is 35.6 Å². The molecule has 24 heavy (non-hydrogen) atoms. The number of aromatic amines is 1. The number of aromatic nitrogens is 4. The summed E-state index contributed by atoms with van der Waals surface area (Å²) in [6.45, 7) is 7.58. The van der Waals surface area contributed by atoms with Gasteiger partial charge in [0.1, 0.15) is 0 Å². The van der Waals surface area contributed by atoms with Crippen LogP contribution in [0.3, 0.4) is 0 Å². The van der Waals surface area contributed by atoms with Crippen molar-refractivity contribution in [3.05, 3.63) is 33.5 Å². The Balaban J connectivity index is 2.10. The third-order valence-corrected chi connectivity index (χ3v) is 4.68. The van der Waals surface area contributed by atoms with Gasteiger partial charge in [-0.15, -0.1) is 0 Å². The molecule has 1 atom stereocenters. The number of nitrogens with zero attached hydrogens (tertiary/aromatic N) is 3. The maximum absolute atomic E-state index is 12.4. The average molecular weight is 349 g/mol. The van der Waals surface area contributed by atoms with E-state index in [2.05, 4.69) is 20.4 Å². The zero-order valence-electron chi connectivity index (χ0n) is 14.6. The van der Waals surface area contributed by atoms with Gasteiger partial charge in [-0.25, -0.2) is 4.98 Å². The van der Waals surface area contributed by atoms with Crippen molar-refractivity contribution in [2.75, 3.05) is 5.32 Å². The molecule has 0 radical (unpaired) electrons. The summed E-state index contributed by atoms with van der Waals surface area (Å²) in [6, 6.07) is 1.50. The van der Waals surface area contributed by atoms with Crippen molar-refractivity contribution >= 4 is 23.4 Å². The first-order valence-corrected chi connectivity index (χ1v) is 8.77. The van der Waals surface area contributed by atoms with E-state index in [1.807, 2.05) is 27.8 Å². The molecule has 0 spiro atoms. The van der Waals surface area contributed by atoms with Crippen LogP contribution in [0.15, 0.2) is 16.0 Å². The molecular weight excluding hydrogens is 326 g/mol. The third kappa shape index (κ3) is 4.25. The molecule has 0 aliphatic heterocycles. The van der Waals surface area contributed by atoms with E-state index >= 15 is 0 Å². The van der Waals surface area contributed by atoms with Crippen LogP contribution in [0.1, 0.15) is 37.4 Å². The van der Waals surface area contributed by atoms with Gasteiger partial charge in [0.15, 0.2) is 5.16 Å². The Morgan fingerprint density at radius 2 is 2.17 bits per heavy atom. The van der Waals surface area contributed by atoms with Crippen LogP contribution in [0.5, 0.6) is 0 Å². The van der Waals surface area contributed by atoms with E-state index in [1.165, 1.54) is 17.8 Å². The monoisotopic (exact) mass is 349 g/mol. The highest BCUT2D eigenvalue weighted by atomic mass is 32.2. The number of thioether (sulfide) groups is 1. The summed E-state index contributed by atoms with van der Waals surface area (Å²) >= 11 is 1.24. The predicted molar refractivity (Wildman–Crippen MR) is 95.5 cm³/mol. The highest BCUT2D eigenvalue weighted by molar-refractivity contribution is 8.00. The molecule has 0 aromatic carbocycles. The van der Waals surface area contributed by atoms with Crippen LogP contribution < -0.4 is 10.9 Å². The van der Waals surface area contributed by atoms with Gasteiger partial charge in [-0.1, -0.05) is 25.1 Å². The van der Waals surface area contributed by atoms with E-state index in [-0.39, 0.29) is 11.5 Å². The highest BCUT2D eigenvalue weighted by Gasteiger charge is 2.19. The van der Waals surface area contributed by atoms with Crippen molar-refractivity contribution in [2.45, 2.75) is 50.9 Å². The van der Waals surface area contributed by atoms with E-state index in [9.17, 15) is 9.59 Å². The van der Waals surface area contributed by atoms with E-state index in [4.69, 9.17) is 0 Å². The second-order valence-corrected chi connectivity index (χ2v) is 7.04. The van der Waals surface area contributed by atoms with E-state index in [1.54, 1.807) is 11.6 Å². The number of H-pyrrole nitrogens is 1. The largest absolute Gasteiger partial charge is 0.322 e. The number of rotatable bonds is 6. The Morgan fingerprint density at radius 1 is 1.46 bits per heavy atom. The van der Waals surface area contributed by atoms with Crippen molar-refractivity contribution in [3.63, 3.8) is 0 Å². The van der Waals surface area contributed by atoms with E-state index < -0.39 is 5.25 Å². The van der Waals surface area contributed by atoms with Crippen LogP contribution in [0, 0.1) is 13.8 Å². The molecule has 2 heterocycles. The molecule has 0 saturated heterocycles. The zero-order valence-corrected chi connectivity index (χ0v) is 15.5. The fourth-order valence-electron chi connectivity index (χ4n) is 2.32. The molecule has 2 aromatic rings. The molecule has 7 nitrogen and oxygen atoms in total. The molecule has 0 aliphatic rings. The molecule has 0 aliphatic carbocycles. The first-order chi connectivity index (χ1) is 11.3. The topological polar surface area (TPSA) is 92.7 Å². The normalized spacial score (nSPS) is 12.2.